The van der Waals surface area contributed by atoms with E-state index in [1.54, 1.807) is 200 Å². The lowest BCUT2D eigenvalue weighted by Gasteiger charge is -2.17. The van der Waals surface area contributed by atoms with Crippen molar-refractivity contribution in [2.24, 2.45) is 0 Å². The van der Waals surface area contributed by atoms with E-state index in [-0.39, 0.29) is 46.6 Å². The van der Waals surface area contributed by atoms with Crippen LogP contribution in [0.25, 0.3) is 72.2 Å². The zero-order chi connectivity index (χ0) is 88.2. The van der Waals surface area contributed by atoms with Gasteiger partial charge in [-0.05, 0) is 267 Å². The van der Waals surface area contributed by atoms with Crippen LogP contribution in [0.4, 0.5) is 45.5 Å². The maximum atomic E-state index is 12.8. The largest absolute Gasteiger partial charge is 0.464 e. The van der Waals surface area contributed by atoms with E-state index in [9.17, 15) is 52.8 Å². The summed E-state index contributed by atoms with van der Waals surface area (Å²) in [7, 11) is -13.0. The third-order valence-electron chi connectivity index (χ3n) is 21.3. The highest BCUT2D eigenvalue weighted by atomic mass is 35.5. The van der Waals surface area contributed by atoms with Crippen molar-refractivity contribution in [2.75, 3.05) is 87.7 Å². The van der Waals surface area contributed by atoms with E-state index in [2.05, 4.69) is 48.4 Å². The van der Waals surface area contributed by atoms with Crippen LogP contribution in [0.3, 0.4) is 0 Å². The van der Waals surface area contributed by atoms with Crippen molar-refractivity contribution in [2.45, 2.75) is 39.0 Å². The fourth-order valence-electron chi connectivity index (χ4n) is 15.0. The van der Waals surface area contributed by atoms with E-state index >= 15 is 0 Å². The quantitative estimate of drug-likeness (QED) is 0.0698. The second-order valence-corrected chi connectivity index (χ2v) is 40.4. The molecule has 0 radical (unpaired) electrons. The molecule has 0 saturated carbocycles. The number of aromatic nitrogens is 4. The summed E-state index contributed by atoms with van der Waals surface area (Å²) < 4.78 is 109. The molecule has 14 aromatic rings. The molecule has 0 atom stereocenters. The van der Waals surface area contributed by atoms with Crippen molar-refractivity contribution in [3.8, 4) is 45.0 Å². The lowest BCUT2D eigenvalue weighted by Crippen LogP contribution is -2.25. The molecule has 6 aromatic heterocycles. The van der Waals surface area contributed by atoms with E-state index in [4.69, 9.17) is 55.8 Å². The number of aryl methyl sites for hydroxylation is 1. The zero-order valence-corrected chi connectivity index (χ0v) is 74.1. The minimum Gasteiger partial charge on any atom is -0.464 e. The normalized spacial score (nSPS) is 15.5. The number of nitrogens with zero attached hydrogens (tertiary/aromatic N) is 8. The number of thiophene rings is 1. The van der Waals surface area contributed by atoms with Crippen LogP contribution < -0.4 is 38.5 Å². The first-order valence-electron chi connectivity index (χ1n) is 39.7. The van der Waals surface area contributed by atoms with Gasteiger partial charge in [-0.2, -0.15) is 0 Å². The Morgan fingerprint density at radius 2 is 0.778 bits per heavy atom. The smallest absolute Gasteiger partial charge is 0.255 e. The Morgan fingerprint density at radius 3 is 1.19 bits per heavy atom. The van der Waals surface area contributed by atoms with Gasteiger partial charge in [0.2, 0.25) is 40.1 Å². The Morgan fingerprint density at radius 1 is 0.397 bits per heavy atom. The van der Waals surface area contributed by atoms with Gasteiger partial charge in [0.05, 0.1) is 105 Å². The molecule has 10 heterocycles. The lowest BCUT2D eigenvalue weighted by molar-refractivity contribution is 0.101. The number of halogens is 4. The van der Waals surface area contributed by atoms with Crippen LogP contribution in [-0.2, 0) is 46.5 Å². The number of nitrogens with one attached hydrogen (secondary N) is 4. The first-order valence-corrected chi connectivity index (χ1v) is 48.5. The number of fused-ring (bicyclic) bond motifs is 3. The average Bonchev–Trinajstić information content (AvgIpc) is 0.922. The summed E-state index contributed by atoms with van der Waals surface area (Å²) >= 11 is 27.2. The molecule has 19 rings (SSSR count). The average molecular weight is 1860 g/mol. The Balaban J connectivity index is 0.000000124. The summed E-state index contributed by atoms with van der Waals surface area (Å²) in [6, 6.07) is 62.6. The highest BCUT2D eigenvalue weighted by molar-refractivity contribution is 7.94. The number of carbonyl (C=O) groups is 4. The van der Waals surface area contributed by atoms with Crippen molar-refractivity contribution >= 4 is 194 Å². The zero-order valence-electron chi connectivity index (χ0n) is 67.0. The van der Waals surface area contributed by atoms with Crippen LogP contribution in [0.15, 0.2) is 259 Å². The molecule has 34 heteroatoms. The lowest BCUT2D eigenvalue weighted by atomic mass is 10.1. The van der Waals surface area contributed by atoms with Gasteiger partial charge in [0.25, 0.3) is 23.6 Å². The molecule has 0 bridgehead atoms. The van der Waals surface area contributed by atoms with Gasteiger partial charge in [-0.25, -0.2) is 33.7 Å². The fraction of sp³-hybridized carbons (Fsp3) is 0.152. The monoisotopic (exact) mass is 1860 g/mol. The van der Waals surface area contributed by atoms with Crippen LogP contribution in [0.5, 0.6) is 0 Å². The first-order chi connectivity index (χ1) is 60.6. The molecular weight excluding hydrogens is 1780 g/mol. The summed E-state index contributed by atoms with van der Waals surface area (Å²) in [6.45, 7) is 3.83. The topological polar surface area (TPSA) is 331 Å². The molecule has 4 N–H and O–H groups in total. The SMILES string of the molecule is Cc1ccnc(-c2cc(NC(=O)c3ccc(N4CCCS4(=O)=O)cc3)ccc2Cl)c1.O=C(Nc1ccc(Cl)c(-c2ccc3c(n2)CC=C3)c1)c1ccc(N2CCCS2(=O)=O)cc1.O=C(Nc1ccc(Cl)c(-c2nccc3ccsc23)c1)c1ccc(N2CCCS2(=O)=O)cc1.O=C(Nc1ccc(Cl)c(-c2nccc3occc23)c1)c1ccc(N2CCCS2(=O)=O)cc1. The highest BCUT2D eigenvalue weighted by Gasteiger charge is 2.33. The molecule has 0 unspecified atom stereocenters. The highest BCUT2D eigenvalue weighted by Crippen LogP contribution is 2.40. The van der Waals surface area contributed by atoms with Gasteiger partial charge in [0.1, 0.15) is 5.58 Å². The Hall–Kier alpha value is -12.4. The minimum atomic E-state index is -3.26. The standard InChI is InChI=1S/C24H20ClN3O3S.C23H18ClN3O4S.C23H18ClN3O3S2.C22H20ClN3O3S/c25-21-11-8-18(15-20(21)23-12-7-16-3-1-4-22(16)27-23)26-24(29)17-5-9-19(10-6-17)28-13-2-14-32(28,30)31;24-20-7-4-16(14-19(20)22-18-9-12-31-21(18)8-10-25-22)26-23(28)15-2-5-17(6-3-15)27-11-1-13-32(27,29)30;24-20-7-4-17(14-19(20)21-22-15(8-10-25-21)9-12-31-22)26-23(28)16-2-5-18(6-3-16)27-11-1-13-32(27,29)30;1-15-9-10-24-21(13-15)19-14-17(5-8-20(19)23)25-22(27)16-3-6-18(7-4-16)26-11-2-12-30(26,28)29/h1,3,5-12,15H,2,4,13-14H2,(H,26,29);2*2-10,12,14H,1,11,13H2,(H,26,28);3-10,13-14H,2,11-12H2,1H3,(H,25,27). The van der Waals surface area contributed by atoms with Crippen LogP contribution in [-0.4, -0.2) is 126 Å². The van der Waals surface area contributed by atoms with E-state index in [1.165, 1.54) is 17.2 Å². The summed E-state index contributed by atoms with van der Waals surface area (Å²) in [6.07, 6.45) is 14.0. The Kier molecular flexibility index (Phi) is 25.6. The van der Waals surface area contributed by atoms with E-state index in [0.29, 0.717) is 157 Å². The molecule has 4 saturated heterocycles. The molecule has 4 aliphatic heterocycles. The number of benzene rings is 8. The molecule has 640 valence electrons. The summed E-state index contributed by atoms with van der Waals surface area (Å²) in [5.74, 6) is -0.581. The van der Waals surface area contributed by atoms with Crippen molar-refractivity contribution < 1.29 is 57.3 Å². The number of furan rings is 1. The summed E-state index contributed by atoms with van der Waals surface area (Å²) in [5.41, 5.74) is 16.0. The number of rotatable bonds is 16. The number of hydrogen-bond acceptors (Lipinski definition) is 18. The third-order valence-corrected chi connectivity index (χ3v) is 31.0. The molecule has 8 aromatic carbocycles. The van der Waals surface area contributed by atoms with E-state index in [1.807, 2.05) is 66.9 Å². The minimum absolute atomic E-state index is 0.148. The van der Waals surface area contributed by atoms with Crippen molar-refractivity contribution in [3.63, 3.8) is 0 Å². The molecule has 4 amide bonds. The Labute approximate surface area is 750 Å². The van der Waals surface area contributed by atoms with Gasteiger partial charge in [-0.3, -0.25) is 56.3 Å². The molecule has 126 heavy (non-hydrogen) atoms. The maximum absolute atomic E-state index is 12.8. The molecule has 25 nitrogen and oxygen atoms in total. The molecule has 0 spiro atoms. The molecule has 1 aliphatic carbocycles. The number of allylic oxidation sites excluding steroid dienone is 1. The maximum Gasteiger partial charge on any atom is 0.255 e. The van der Waals surface area contributed by atoms with Crippen LogP contribution in [0.2, 0.25) is 20.1 Å². The van der Waals surface area contributed by atoms with Crippen LogP contribution >= 0.6 is 57.7 Å². The van der Waals surface area contributed by atoms with Crippen LogP contribution in [0, 0.1) is 6.92 Å². The van der Waals surface area contributed by atoms with Crippen LogP contribution in [0.1, 0.15) is 83.9 Å². The fourth-order valence-corrected chi connectivity index (χ4v) is 23.0. The van der Waals surface area contributed by atoms with E-state index < -0.39 is 40.1 Å². The van der Waals surface area contributed by atoms with Gasteiger partial charge in [0, 0.05) is 124 Å². The van der Waals surface area contributed by atoms with Gasteiger partial charge in [-0.15, -0.1) is 11.3 Å². The summed E-state index contributed by atoms with van der Waals surface area (Å²) in [4.78, 5) is 69.0. The third kappa shape index (κ3) is 19.5. The number of amides is 4. The number of anilines is 8. The molecule has 4 fully saturated rings. The van der Waals surface area contributed by atoms with Gasteiger partial charge >= 0.3 is 0 Å². The summed E-state index contributed by atoms with van der Waals surface area (Å²) in [5, 5.41) is 17.6. The number of hydrogen-bond donors (Lipinski definition) is 4. The molecule has 5 aliphatic rings. The molecular formula is C92H76Cl4N12O13S5. The number of pyridine rings is 4. The first kappa shape index (κ1) is 87.1. The number of carbonyl (C=O) groups excluding carboxylic acids is 4. The predicted octanol–water partition coefficient (Wildman–Crippen LogP) is 19.6. The van der Waals surface area contributed by atoms with Gasteiger partial charge in [0.15, 0.2) is 0 Å². The van der Waals surface area contributed by atoms with Gasteiger partial charge < -0.3 is 25.7 Å². The predicted molar refractivity (Wildman–Crippen MR) is 502 cm³/mol. The Bertz CT molecular complexity index is 6890. The second kappa shape index (κ2) is 37.1. The van der Waals surface area contributed by atoms with Crippen molar-refractivity contribution in [1.29, 1.82) is 0 Å². The number of sulfonamides is 4. The van der Waals surface area contributed by atoms with E-state index in [0.717, 1.165) is 72.5 Å². The van der Waals surface area contributed by atoms with Crippen molar-refractivity contribution in [1.82, 2.24) is 19.9 Å². The van der Waals surface area contributed by atoms with Crippen molar-refractivity contribution in [3.05, 3.63) is 314 Å². The van der Waals surface area contributed by atoms with Gasteiger partial charge in [-0.1, -0.05) is 64.6 Å². The second-order valence-electron chi connectivity index (χ2n) is 29.8.